The summed E-state index contributed by atoms with van der Waals surface area (Å²) < 4.78 is 31.4. The van der Waals surface area contributed by atoms with Crippen molar-refractivity contribution < 1.29 is 17.8 Å². The largest absolute Gasteiger partial charge is 0.744 e. The van der Waals surface area contributed by atoms with E-state index in [1.165, 1.54) is 24.3 Å². The SMILES string of the molecule is O=CCc1ccc(S(=O)(=O)[O-])cc1. The van der Waals surface area contributed by atoms with Gasteiger partial charge in [-0.3, -0.25) is 0 Å². The van der Waals surface area contributed by atoms with Crippen LogP contribution in [0.15, 0.2) is 29.2 Å². The number of hydrogen-bond acceptors (Lipinski definition) is 4. The molecule has 13 heavy (non-hydrogen) atoms. The van der Waals surface area contributed by atoms with Gasteiger partial charge in [0.1, 0.15) is 16.4 Å². The molecule has 0 aromatic heterocycles. The molecule has 1 rings (SSSR count). The fraction of sp³-hybridized carbons (Fsp3) is 0.125. The Morgan fingerprint density at radius 1 is 1.23 bits per heavy atom. The van der Waals surface area contributed by atoms with Crippen molar-refractivity contribution in [1.29, 1.82) is 0 Å². The van der Waals surface area contributed by atoms with Crippen LogP contribution in [0.1, 0.15) is 5.56 Å². The van der Waals surface area contributed by atoms with Gasteiger partial charge in [0.05, 0.1) is 4.90 Å². The summed E-state index contributed by atoms with van der Waals surface area (Å²) in [5.41, 5.74) is 0.683. The molecule has 0 unspecified atom stereocenters. The second-order valence-electron chi connectivity index (χ2n) is 2.47. The zero-order valence-electron chi connectivity index (χ0n) is 6.64. The van der Waals surface area contributed by atoms with Crippen molar-refractivity contribution in [3.63, 3.8) is 0 Å². The molecule has 70 valence electrons. The third-order valence-corrected chi connectivity index (χ3v) is 2.38. The van der Waals surface area contributed by atoms with E-state index in [-0.39, 0.29) is 11.3 Å². The van der Waals surface area contributed by atoms with Gasteiger partial charge in [0.2, 0.25) is 0 Å². The lowest BCUT2D eigenvalue weighted by Gasteiger charge is -2.06. The first-order valence-electron chi connectivity index (χ1n) is 3.52. The molecule has 0 amide bonds. The highest BCUT2D eigenvalue weighted by atomic mass is 32.2. The predicted octanol–water partition coefficient (Wildman–Crippen LogP) is 0.332. The topological polar surface area (TPSA) is 74.3 Å². The number of benzene rings is 1. The van der Waals surface area contributed by atoms with Crippen molar-refractivity contribution in [3.05, 3.63) is 29.8 Å². The molecule has 0 saturated heterocycles. The molecule has 0 aliphatic carbocycles. The van der Waals surface area contributed by atoms with Gasteiger partial charge in [-0.25, -0.2) is 8.42 Å². The van der Waals surface area contributed by atoms with Crippen LogP contribution in [0.2, 0.25) is 0 Å². The maximum atomic E-state index is 10.5. The van der Waals surface area contributed by atoms with Gasteiger partial charge in [0.25, 0.3) is 0 Å². The number of hydrogen-bond donors (Lipinski definition) is 0. The highest BCUT2D eigenvalue weighted by molar-refractivity contribution is 7.85. The van der Waals surface area contributed by atoms with E-state index in [9.17, 15) is 17.8 Å². The van der Waals surface area contributed by atoms with E-state index in [1.54, 1.807) is 0 Å². The number of rotatable bonds is 3. The molecule has 4 nitrogen and oxygen atoms in total. The summed E-state index contributed by atoms with van der Waals surface area (Å²) in [4.78, 5) is 9.80. The predicted molar refractivity (Wildman–Crippen MR) is 44.2 cm³/mol. The highest BCUT2D eigenvalue weighted by Crippen LogP contribution is 2.09. The summed E-state index contributed by atoms with van der Waals surface area (Å²) in [5, 5.41) is 0. The molecular weight excluding hydrogens is 192 g/mol. The number of aldehydes is 1. The normalized spacial score (nSPS) is 11.2. The van der Waals surface area contributed by atoms with Crippen molar-refractivity contribution in [2.75, 3.05) is 0 Å². The molecule has 0 N–H and O–H groups in total. The van der Waals surface area contributed by atoms with Crippen LogP contribution in [0.3, 0.4) is 0 Å². The van der Waals surface area contributed by atoms with Crippen LogP contribution in [0.25, 0.3) is 0 Å². The van der Waals surface area contributed by atoms with E-state index in [2.05, 4.69) is 0 Å². The van der Waals surface area contributed by atoms with Crippen molar-refractivity contribution >= 4 is 16.4 Å². The molecular formula is C8H7O4S-. The van der Waals surface area contributed by atoms with Crippen LogP contribution in [0, 0.1) is 0 Å². The van der Waals surface area contributed by atoms with Gasteiger partial charge in [-0.15, -0.1) is 0 Å². The van der Waals surface area contributed by atoms with Crippen molar-refractivity contribution in [2.24, 2.45) is 0 Å². The van der Waals surface area contributed by atoms with E-state index < -0.39 is 10.1 Å². The van der Waals surface area contributed by atoms with Crippen LogP contribution in [0.4, 0.5) is 0 Å². The van der Waals surface area contributed by atoms with Gasteiger partial charge in [-0.2, -0.15) is 0 Å². The lowest BCUT2D eigenvalue weighted by molar-refractivity contribution is -0.107. The minimum atomic E-state index is -4.37. The fourth-order valence-corrected chi connectivity index (χ4v) is 1.36. The first kappa shape index (κ1) is 9.88. The molecule has 0 aliphatic heterocycles. The molecule has 0 fully saturated rings. The van der Waals surface area contributed by atoms with Gasteiger partial charge < -0.3 is 9.35 Å². The average Bonchev–Trinajstić information content (AvgIpc) is 2.04. The Morgan fingerprint density at radius 3 is 2.15 bits per heavy atom. The smallest absolute Gasteiger partial charge is 0.124 e. The van der Waals surface area contributed by atoms with Crippen molar-refractivity contribution in [1.82, 2.24) is 0 Å². The lowest BCUT2D eigenvalue weighted by Crippen LogP contribution is -1.98. The molecule has 1 aromatic rings. The molecule has 0 saturated carbocycles. The third kappa shape index (κ3) is 2.64. The Labute approximate surface area is 76.0 Å². The van der Waals surface area contributed by atoms with Crippen molar-refractivity contribution in [3.8, 4) is 0 Å². The Morgan fingerprint density at radius 2 is 1.77 bits per heavy atom. The van der Waals surface area contributed by atoms with E-state index in [4.69, 9.17) is 0 Å². The first-order chi connectivity index (χ1) is 6.04. The Bertz CT molecular complexity index is 391. The van der Waals surface area contributed by atoms with Crippen LogP contribution >= 0.6 is 0 Å². The van der Waals surface area contributed by atoms with E-state index in [0.29, 0.717) is 11.8 Å². The molecule has 0 radical (unpaired) electrons. The van der Waals surface area contributed by atoms with Gasteiger partial charge >= 0.3 is 0 Å². The first-order valence-corrected chi connectivity index (χ1v) is 4.93. The van der Waals surface area contributed by atoms with Crippen LogP contribution in [-0.2, 0) is 21.3 Å². The summed E-state index contributed by atoms with van der Waals surface area (Å²) in [7, 11) is -4.37. The second-order valence-corrected chi connectivity index (χ2v) is 3.85. The van der Waals surface area contributed by atoms with Gasteiger partial charge in [0, 0.05) is 6.42 Å². The van der Waals surface area contributed by atoms with E-state index >= 15 is 0 Å². The summed E-state index contributed by atoms with van der Waals surface area (Å²) in [5.74, 6) is 0. The van der Waals surface area contributed by atoms with Crippen LogP contribution in [-0.4, -0.2) is 19.3 Å². The minimum absolute atomic E-state index is 0.221. The minimum Gasteiger partial charge on any atom is -0.744 e. The monoisotopic (exact) mass is 199 g/mol. The molecule has 5 heteroatoms. The van der Waals surface area contributed by atoms with Crippen molar-refractivity contribution in [2.45, 2.75) is 11.3 Å². The third-order valence-electron chi connectivity index (χ3n) is 1.53. The number of carbonyl (C=O) groups is 1. The lowest BCUT2D eigenvalue weighted by atomic mass is 10.2. The summed E-state index contributed by atoms with van der Waals surface area (Å²) in [6, 6.07) is 5.28. The van der Waals surface area contributed by atoms with Crippen LogP contribution in [0.5, 0.6) is 0 Å². The van der Waals surface area contributed by atoms with Crippen LogP contribution < -0.4 is 0 Å². The zero-order chi connectivity index (χ0) is 9.90. The van der Waals surface area contributed by atoms with E-state index in [1.807, 2.05) is 0 Å². The molecule has 0 bridgehead atoms. The molecule has 0 heterocycles. The Hall–Kier alpha value is -1.20. The van der Waals surface area contributed by atoms with Gasteiger partial charge in [-0.1, -0.05) is 12.1 Å². The van der Waals surface area contributed by atoms with Gasteiger partial charge in [0.15, 0.2) is 0 Å². The summed E-state index contributed by atoms with van der Waals surface area (Å²) in [6.45, 7) is 0. The quantitative estimate of drug-likeness (QED) is 0.519. The fourth-order valence-electron chi connectivity index (χ4n) is 0.888. The van der Waals surface area contributed by atoms with E-state index in [0.717, 1.165) is 0 Å². The Balaban J connectivity index is 3.01. The molecule has 0 spiro atoms. The maximum absolute atomic E-state index is 10.5. The molecule has 0 atom stereocenters. The van der Waals surface area contributed by atoms with Gasteiger partial charge in [-0.05, 0) is 17.7 Å². The highest BCUT2D eigenvalue weighted by Gasteiger charge is 1.99. The molecule has 1 aromatic carbocycles. The number of carbonyl (C=O) groups excluding carboxylic acids is 1. The molecule has 0 aliphatic rings. The average molecular weight is 199 g/mol. The Kier molecular flexibility index (Phi) is 2.79. The summed E-state index contributed by atoms with van der Waals surface area (Å²) >= 11 is 0. The standard InChI is InChI=1S/C8H8O4S/c9-6-5-7-1-3-8(4-2-7)13(10,11)12/h1-4,6H,5H2,(H,10,11,12)/p-1. The summed E-state index contributed by atoms with van der Waals surface area (Å²) in [6.07, 6.45) is 0.930. The maximum Gasteiger partial charge on any atom is 0.124 e. The zero-order valence-corrected chi connectivity index (χ0v) is 7.45. The second kappa shape index (κ2) is 3.68.